The van der Waals surface area contributed by atoms with E-state index in [4.69, 9.17) is 21.7 Å². The Bertz CT molecular complexity index is 559. The molecule has 0 saturated carbocycles. The molecular formula is C14H14N2O4. The normalized spacial score (nSPS) is 9.20. The van der Waals surface area contributed by atoms with Gasteiger partial charge >= 0.3 is 11.9 Å². The van der Waals surface area contributed by atoms with Gasteiger partial charge in [0.2, 0.25) is 0 Å². The number of aromatic carboxylic acids is 2. The molecule has 0 amide bonds. The zero-order chi connectivity index (χ0) is 15.1. The largest absolute Gasteiger partial charge is 0.478 e. The van der Waals surface area contributed by atoms with Crippen LogP contribution in [0.15, 0.2) is 48.5 Å². The summed E-state index contributed by atoms with van der Waals surface area (Å²) in [6.07, 6.45) is 0. The first kappa shape index (κ1) is 15.0. The van der Waals surface area contributed by atoms with E-state index in [0.717, 1.165) is 0 Å². The standard InChI is InChI=1S/C8H6O4.C6H8N2/c9-7(10)5-1-2-6(4-3-5)8(11)12;7-5-2-1-3-6(8)4-5/h1-4H,(H,9,10)(H,11,12);1-4H,7-8H2. The number of carbonyl (C=O) groups is 2. The van der Waals surface area contributed by atoms with Gasteiger partial charge in [0.05, 0.1) is 11.1 Å². The van der Waals surface area contributed by atoms with Crippen molar-refractivity contribution in [1.82, 2.24) is 0 Å². The van der Waals surface area contributed by atoms with Crippen molar-refractivity contribution in [2.24, 2.45) is 0 Å². The van der Waals surface area contributed by atoms with Gasteiger partial charge in [-0.25, -0.2) is 9.59 Å². The molecule has 0 aromatic heterocycles. The summed E-state index contributed by atoms with van der Waals surface area (Å²) < 4.78 is 0. The van der Waals surface area contributed by atoms with Gasteiger partial charge in [0.1, 0.15) is 0 Å². The number of nitrogen functional groups attached to an aromatic ring is 2. The molecule has 2 aromatic carbocycles. The van der Waals surface area contributed by atoms with Gasteiger partial charge in [-0.3, -0.25) is 0 Å². The predicted molar refractivity (Wildman–Crippen MR) is 75.6 cm³/mol. The fourth-order valence-electron chi connectivity index (χ4n) is 1.31. The van der Waals surface area contributed by atoms with Crippen LogP contribution in [-0.4, -0.2) is 22.2 Å². The number of carboxylic acid groups (broad SMARTS) is 2. The lowest BCUT2D eigenvalue weighted by atomic mass is 10.1. The molecule has 2 rings (SSSR count). The average molecular weight is 274 g/mol. The highest BCUT2D eigenvalue weighted by Crippen LogP contribution is 2.06. The van der Waals surface area contributed by atoms with Crippen LogP contribution in [0, 0.1) is 0 Å². The van der Waals surface area contributed by atoms with Gasteiger partial charge < -0.3 is 21.7 Å². The Morgan fingerprint density at radius 2 is 1.10 bits per heavy atom. The van der Waals surface area contributed by atoms with Crippen LogP contribution in [0.4, 0.5) is 11.4 Å². The second-order valence-electron chi connectivity index (χ2n) is 3.86. The van der Waals surface area contributed by atoms with E-state index in [2.05, 4.69) is 0 Å². The number of nitrogens with two attached hydrogens (primary N) is 2. The van der Waals surface area contributed by atoms with Crippen LogP contribution in [0.5, 0.6) is 0 Å². The Balaban J connectivity index is 0.000000217. The Labute approximate surface area is 115 Å². The van der Waals surface area contributed by atoms with Crippen LogP contribution < -0.4 is 11.5 Å². The number of hydrogen-bond acceptors (Lipinski definition) is 4. The van der Waals surface area contributed by atoms with Gasteiger partial charge in [-0.15, -0.1) is 0 Å². The summed E-state index contributed by atoms with van der Waals surface area (Å²) in [7, 11) is 0. The van der Waals surface area contributed by atoms with Gasteiger partial charge in [-0.1, -0.05) is 6.07 Å². The Morgan fingerprint density at radius 1 is 0.750 bits per heavy atom. The van der Waals surface area contributed by atoms with Crippen LogP contribution in [0.3, 0.4) is 0 Å². The average Bonchev–Trinajstić information content (AvgIpc) is 2.39. The Morgan fingerprint density at radius 3 is 1.30 bits per heavy atom. The molecule has 20 heavy (non-hydrogen) atoms. The highest BCUT2D eigenvalue weighted by molar-refractivity contribution is 5.91. The third kappa shape index (κ3) is 4.69. The van der Waals surface area contributed by atoms with E-state index >= 15 is 0 Å². The molecule has 0 atom stereocenters. The van der Waals surface area contributed by atoms with E-state index in [0.29, 0.717) is 11.4 Å². The number of carboxylic acids is 2. The van der Waals surface area contributed by atoms with E-state index in [9.17, 15) is 9.59 Å². The van der Waals surface area contributed by atoms with Gasteiger partial charge in [-0.2, -0.15) is 0 Å². The fourth-order valence-corrected chi connectivity index (χ4v) is 1.31. The van der Waals surface area contributed by atoms with Crippen molar-refractivity contribution in [3.63, 3.8) is 0 Å². The molecule has 0 aliphatic carbocycles. The zero-order valence-electron chi connectivity index (χ0n) is 10.5. The molecule has 0 aliphatic rings. The zero-order valence-corrected chi connectivity index (χ0v) is 10.5. The Hall–Kier alpha value is -3.02. The number of rotatable bonds is 2. The summed E-state index contributed by atoms with van der Waals surface area (Å²) in [5.74, 6) is -2.13. The summed E-state index contributed by atoms with van der Waals surface area (Å²) >= 11 is 0. The van der Waals surface area contributed by atoms with Gasteiger partial charge in [0.15, 0.2) is 0 Å². The minimum absolute atomic E-state index is 0.0833. The topological polar surface area (TPSA) is 127 Å². The summed E-state index contributed by atoms with van der Waals surface area (Å²) in [6.45, 7) is 0. The van der Waals surface area contributed by atoms with Crippen molar-refractivity contribution in [3.05, 3.63) is 59.7 Å². The Kier molecular flexibility index (Phi) is 5.11. The molecular weight excluding hydrogens is 260 g/mol. The molecule has 0 saturated heterocycles. The van der Waals surface area contributed by atoms with Gasteiger partial charge in [0.25, 0.3) is 0 Å². The first-order chi connectivity index (χ1) is 9.40. The van der Waals surface area contributed by atoms with Crippen LogP contribution in [0.1, 0.15) is 20.7 Å². The third-order valence-corrected chi connectivity index (χ3v) is 2.29. The van der Waals surface area contributed by atoms with Crippen molar-refractivity contribution in [1.29, 1.82) is 0 Å². The molecule has 6 N–H and O–H groups in total. The maximum atomic E-state index is 10.3. The molecule has 0 unspecified atom stereocenters. The van der Waals surface area contributed by atoms with Gasteiger partial charge in [0, 0.05) is 11.4 Å². The molecule has 104 valence electrons. The fraction of sp³-hybridized carbons (Fsp3) is 0. The van der Waals surface area contributed by atoms with Gasteiger partial charge in [-0.05, 0) is 42.5 Å². The van der Waals surface area contributed by atoms with Crippen LogP contribution in [0.25, 0.3) is 0 Å². The van der Waals surface area contributed by atoms with Crippen LogP contribution >= 0.6 is 0 Å². The first-order valence-electron chi connectivity index (χ1n) is 5.58. The minimum Gasteiger partial charge on any atom is -0.478 e. The lowest BCUT2D eigenvalue weighted by molar-refractivity contribution is 0.0681. The minimum atomic E-state index is -1.06. The van der Waals surface area contributed by atoms with Crippen molar-refractivity contribution < 1.29 is 19.8 Å². The quantitative estimate of drug-likeness (QED) is 0.620. The van der Waals surface area contributed by atoms with Crippen molar-refractivity contribution in [2.45, 2.75) is 0 Å². The highest BCUT2D eigenvalue weighted by atomic mass is 16.4. The lowest BCUT2D eigenvalue weighted by Crippen LogP contribution is -1.99. The molecule has 0 heterocycles. The molecule has 0 spiro atoms. The molecule has 0 fully saturated rings. The monoisotopic (exact) mass is 274 g/mol. The molecule has 0 radical (unpaired) electrons. The molecule has 6 heteroatoms. The van der Waals surface area contributed by atoms with Crippen LogP contribution in [-0.2, 0) is 0 Å². The number of anilines is 2. The van der Waals surface area contributed by atoms with Crippen molar-refractivity contribution in [3.8, 4) is 0 Å². The summed E-state index contributed by atoms with van der Waals surface area (Å²) in [4.78, 5) is 20.7. The first-order valence-corrected chi connectivity index (χ1v) is 5.58. The SMILES string of the molecule is Nc1cccc(N)c1.O=C(O)c1ccc(C(=O)O)cc1. The second kappa shape index (κ2) is 6.79. The number of hydrogen-bond donors (Lipinski definition) is 4. The maximum Gasteiger partial charge on any atom is 0.335 e. The molecule has 0 bridgehead atoms. The molecule has 6 nitrogen and oxygen atoms in total. The van der Waals surface area contributed by atoms with E-state index in [1.165, 1.54) is 24.3 Å². The van der Waals surface area contributed by atoms with Crippen molar-refractivity contribution in [2.75, 3.05) is 11.5 Å². The summed E-state index contributed by atoms with van der Waals surface area (Å²) in [6, 6.07) is 12.2. The predicted octanol–water partition coefficient (Wildman–Crippen LogP) is 1.93. The maximum absolute atomic E-state index is 10.3. The smallest absolute Gasteiger partial charge is 0.335 e. The van der Waals surface area contributed by atoms with E-state index in [1.807, 2.05) is 6.07 Å². The van der Waals surface area contributed by atoms with E-state index in [1.54, 1.807) is 18.2 Å². The highest BCUT2D eigenvalue weighted by Gasteiger charge is 2.04. The molecule has 0 aliphatic heterocycles. The summed E-state index contributed by atoms with van der Waals surface area (Å²) in [5.41, 5.74) is 12.3. The summed E-state index contributed by atoms with van der Waals surface area (Å²) in [5, 5.41) is 16.9. The van der Waals surface area contributed by atoms with Crippen LogP contribution in [0.2, 0.25) is 0 Å². The van der Waals surface area contributed by atoms with E-state index in [-0.39, 0.29) is 11.1 Å². The lowest BCUT2D eigenvalue weighted by Gasteiger charge is -1.94. The van der Waals surface area contributed by atoms with E-state index < -0.39 is 11.9 Å². The second-order valence-corrected chi connectivity index (χ2v) is 3.86. The molecule has 2 aromatic rings. The number of benzene rings is 2. The third-order valence-electron chi connectivity index (χ3n) is 2.29. The van der Waals surface area contributed by atoms with Crippen molar-refractivity contribution >= 4 is 23.3 Å².